The molecule has 2 fully saturated rings. The number of likely N-dealkylation sites (tertiary alicyclic amines) is 1. The van der Waals surface area contributed by atoms with E-state index in [-0.39, 0.29) is 0 Å². The Kier molecular flexibility index (Phi) is 2.94. The van der Waals surface area contributed by atoms with Gasteiger partial charge in [-0.25, -0.2) is 0 Å². The van der Waals surface area contributed by atoms with E-state index >= 15 is 0 Å². The van der Waals surface area contributed by atoms with Crippen molar-refractivity contribution >= 4 is 11.4 Å². The largest absolute Gasteiger partial charge is 0.399 e. The van der Waals surface area contributed by atoms with Gasteiger partial charge in [-0.1, -0.05) is 6.92 Å². The van der Waals surface area contributed by atoms with E-state index in [9.17, 15) is 0 Å². The Morgan fingerprint density at radius 1 is 1.11 bits per heavy atom. The van der Waals surface area contributed by atoms with E-state index in [0.29, 0.717) is 5.41 Å². The first-order valence-electron chi connectivity index (χ1n) is 7.04. The molecule has 0 unspecified atom stereocenters. The van der Waals surface area contributed by atoms with Crippen molar-refractivity contribution in [2.75, 3.05) is 43.4 Å². The number of anilines is 2. The van der Waals surface area contributed by atoms with Gasteiger partial charge in [0, 0.05) is 36.4 Å². The Morgan fingerprint density at radius 2 is 1.83 bits per heavy atom. The third-order valence-electron chi connectivity index (χ3n) is 4.66. The molecule has 0 aliphatic carbocycles. The van der Waals surface area contributed by atoms with Crippen LogP contribution >= 0.6 is 0 Å². The zero-order valence-electron chi connectivity index (χ0n) is 11.2. The smallest absolute Gasteiger partial charge is 0.0367 e. The molecule has 1 aromatic carbocycles. The zero-order valence-corrected chi connectivity index (χ0v) is 11.2. The van der Waals surface area contributed by atoms with Crippen LogP contribution in [0.15, 0.2) is 24.3 Å². The quantitative estimate of drug-likeness (QED) is 0.811. The van der Waals surface area contributed by atoms with Crippen molar-refractivity contribution in [3.63, 3.8) is 0 Å². The number of hydrogen-bond donors (Lipinski definition) is 1. The minimum Gasteiger partial charge on any atom is -0.399 e. The summed E-state index contributed by atoms with van der Waals surface area (Å²) in [6.45, 7) is 8.45. The molecule has 3 rings (SSSR count). The second-order valence-corrected chi connectivity index (χ2v) is 5.88. The zero-order chi connectivity index (χ0) is 12.6. The molecule has 1 spiro atoms. The van der Waals surface area contributed by atoms with E-state index in [4.69, 9.17) is 5.73 Å². The first kappa shape index (κ1) is 11.8. The molecular weight excluding hydrogens is 222 g/mol. The van der Waals surface area contributed by atoms with Crippen LogP contribution in [0.2, 0.25) is 0 Å². The lowest BCUT2D eigenvalue weighted by Gasteiger charge is -2.25. The van der Waals surface area contributed by atoms with Gasteiger partial charge in [0.05, 0.1) is 0 Å². The van der Waals surface area contributed by atoms with Crippen LogP contribution in [0.25, 0.3) is 0 Å². The molecule has 3 heteroatoms. The molecule has 1 atom stereocenters. The second-order valence-electron chi connectivity index (χ2n) is 5.88. The average Bonchev–Trinajstić information content (AvgIpc) is 2.98. The maximum Gasteiger partial charge on any atom is 0.0367 e. The lowest BCUT2D eigenvalue weighted by Crippen LogP contribution is -2.30. The first-order chi connectivity index (χ1) is 8.71. The molecular formula is C15H23N3. The SMILES string of the molecule is CCN1CC[C@@]2(CCN(c3ccc(N)cc3)C2)C1. The maximum atomic E-state index is 5.75. The molecule has 0 aromatic heterocycles. The van der Waals surface area contributed by atoms with Crippen LogP contribution in [0.4, 0.5) is 11.4 Å². The molecule has 98 valence electrons. The summed E-state index contributed by atoms with van der Waals surface area (Å²) in [5.74, 6) is 0. The highest BCUT2D eigenvalue weighted by Gasteiger charge is 2.42. The average molecular weight is 245 g/mol. The number of nitrogen functional groups attached to an aromatic ring is 1. The summed E-state index contributed by atoms with van der Waals surface area (Å²) in [6, 6.07) is 8.32. The molecule has 0 bridgehead atoms. The summed E-state index contributed by atoms with van der Waals surface area (Å²) < 4.78 is 0. The summed E-state index contributed by atoms with van der Waals surface area (Å²) in [5, 5.41) is 0. The summed E-state index contributed by atoms with van der Waals surface area (Å²) >= 11 is 0. The van der Waals surface area contributed by atoms with Crippen LogP contribution in [0.3, 0.4) is 0 Å². The molecule has 3 nitrogen and oxygen atoms in total. The van der Waals surface area contributed by atoms with Crippen molar-refractivity contribution in [2.45, 2.75) is 19.8 Å². The van der Waals surface area contributed by atoms with Crippen molar-refractivity contribution in [3.8, 4) is 0 Å². The molecule has 2 aliphatic heterocycles. The Bertz CT molecular complexity index is 414. The molecule has 2 heterocycles. The van der Waals surface area contributed by atoms with Crippen LogP contribution in [0.5, 0.6) is 0 Å². The Hall–Kier alpha value is -1.22. The standard InChI is InChI=1S/C15H23N3/c1-2-17-9-7-15(11-17)8-10-18(12-15)14-5-3-13(16)4-6-14/h3-6H,2,7-12,16H2,1H3/t15-/m1/s1. The van der Waals surface area contributed by atoms with Gasteiger partial charge in [0.2, 0.25) is 0 Å². The molecule has 2 saturated heterocycles. The van der Waals surface area contributed by atoms with Gasteiger partial charge < -0.3 is 15.5 Å². The van der Waals surface area contributed by atoms with E-state index in [0.717, 1.165) is 5.69 Å². The van der Waals surface area contributed by atoms with Gasteiger partial charge in [0.15, 0.2) is 0 Å². The van der Waals surface area contributed by atoms with Crippen molar-refractivity contribution in [1.82, 2.24) is 4.90 Å². The monoisotopic (exact) mass is 245 g/mol. The fraction of sp³-hybridized carbons (Fsp3) is 0.600. The third kappa shape index (κ3) is 2.07. The topological polar surface area (TPSA) is 32.5 Å². The Labute approximate surface area is 110 Å². The summed E-state index contributed by atoms with van der Waals surface area (Å²) in [5.41, 5.74) is 8.49. The van der Waals surface area contributed by atoms with Gasteiger partial charge in [-0.15, -0.1) is 0 Å². The first-order valence-corrected chi connectivity index (χ1v) is 7.04. The number of hydrogen-bond acceptors (Lipinski definition) is 3. The molecule has 1 aromatic rings. The Balaban J connectivity index is 1.70. The van der Waals surface area contributed by atoms with Crippen molar-refractivity contribution in [3.05, 3.63) is 24.3 Å². The van der Waals surface area contributed by atoms with Crippen molar-refractivity contribution < 1.29 is 0 Å². The minimum atomic E-state index is 0.553. The van der Waals surface area contributed by atoms with E-state index in [2.05, 4.69) is 28.9 Å². The lowest BCUT2D eigenvalue weighted by atomic mass is 9.86. The highest BCUT2D eigenvalue weighted by molar-refractivity contribution is 5.54. The van der Waals surface area contributed by atoms with Gasteiger partial charge in [-0.2, -0.15) is 0 Å². The summed E-state index contributed by atoms with van der Waals surface area (Å²) in [4.78, 5) is 5.12. The van der Waals surface area contributed by atoms with Gasteiger partial charge >= 0.3 is 0 Å². The van der Waals surface area contributed by atoms with Crippen LogP contribution in [0.1, 0.15) is 19.8 Å². The normalized spacial score (nSPS) is 28.4. The number of benzene rings is 1. The Morgan fingerprint density at radius 3 is 2.50 bits per heavy atom. The van der Waals surface area contributed by atoms with Crippen LogP contribution in [-0.4, -0.2) is 37.6 Å². The molecule has 0 radical (unpaired) electrons. The van der Waals surface area contributed by atoms with E-state index in [1.165, 1.54) is 51.3 Å². The molecule has 0 amide bonds. The fourth-order valence-corrected chi connectivity index (χ4v) is 3.47. The number of rotatable bonds is 2. The highest BCUT2D eigenvalue weighted by Crippen LogP contribution is 2.40. The minimum absolute atomic E-state index is 0.553. The molecule has 18 heavy (non-hydrogen) atoms. The predicted octanol–water partition coefficient (Wildman–Crippen LogP) is 2.19. The van der Waals surface area contributed by atoms with Crippen molar-refractivity contribution in [1.29, 1.82) is 0 Å². The van der Waals surface area contributed by atoms with Gasteiger partial charge in [-0.3, -0.25) is 0 Å². The highest BCUT2D eigenvalue weighted by atomic mass is 15.2. The number of nitrogens with zero attached hydrogens (tertiary/aromatic N) is 2. The van der Waals surface area contributed by atoms with E-state index in [1.807, 2.05) is 12.1 Å². The fourth-order valence-electron chi connectivity index (χ4n) is 3.47. The third-order valence-corrected chi connectivity index (χ3v) is 4.66. The van der Waals surface area contributed by atoms with Crippen LogP contribution in [0, 0.1) is 5.41 Å². The second kappa shape index (κ2) is 4.47. The lowest BCUT2D eigenvalue weighted by molar-refractivity contribution is 0.286. The van der Waals surface area contributed by atoms with Crippen LogP contribution in [-0.2, 0) is 0 Å². The molecule has 2 aliphatic rings. The van der Waals surface area contributed by atoms with E-state index in [1.54, 1.807) is 0 Å². The molecule has 2 N–H and O–H groups in total. The van der Waals surface area contributed by atoms with Gasteiger partial charge in [-0.05, 0) is 50.2 Å². The summed E-state index contributed by atoms with van der Waals surface area (Å²) in [6.07, 6.45) is 2.71. The van der Waals surface area contributed by atoms with Gasteiger partial charge in [0.25, 0.3) is 0 Å². The summed E-state index contributed by atoms with van der Waals surface area (Å²) in [7, 11) is 0. The number of nitrogens with two attached hydrogens (primary N) is 1. The van der Waals surface area contributed by atoms with Gasteiger partial charge in [0.1, 0.15) is 0 Å². The van der Waals surface area contributed by atoms with Crippen molar-refractivity contribution in [2.24, 2.45) is 5.41 Å². The van der Waals surface area contributed by atoms with Crippen LogP contribution < -0.4 is 10.6 Å². The maximum absolute atomic E-state index is 5.75. The predicted molar refractivity (Wildman–Crippen MR) is 76.8 cm³/mol. The molecule has 0 saturated carbocycles. The van der Waals surface area contributed by atoms with E-state index < -0.39 is 0 Å².